The average molecular weight is 352 g/mol. The van der Waals surface area contributed by atoms with Gasteiger partial charge in [0.05, 0.1) is 29.2 Å². The van der Waals surface area contributed by atoms with Crippen molar-refractivity contribution in [3.05, 3.63) is 41.5 Å². The Bertz CT molecular complexity index is 1040. The van der Waals surface area contributed by atoms with Crippen LogP contribution in [0.2, 0.25) is 0 Å². The van der Waals surface area contributed by atoms with Crippen molar-refractivity contribution in [3.63, 3.8) is 0 Å². The van der Waals surface area contributed by atoms with E-state index in [4.69, 9.17) is 5.26 Å². The number of hydrogen-bond acceptors (Lipinski definition) is 5. The molecule has 132 valence electrons. The first kappa shape index (κ1) is 17.4. The molecule has 0 aliphatic rings. The van der Waals surface area contributed by atoms with Crippen molar-refractivity contribution in [1.29, 1.82) is 5.26 Å². The third-order valence-electron chi connectivity index (χ3n) is 4.23. The van der Waals surface area contributed by atoms with Crippen LogP contribution < -0.4 is 10.2 Å². The summed E-state index contributed by atoms with van der Waals surface area (Å²) in [5.41, 5.74) is 2.61. The predicted octanol–water partition coefficient (Wildman–Crippen LogP) is 2.88. The van der Waals surface area contributed by atoms with Crippen molar-refractivity contribution in [2.75, 3.05) is 17.3 Å². The van der Waals surface area contributed by atoms with Gasteiger partial charge in [-0.15, -0.1) is 0 Å². The Balaban J connectivity index is 2.19. The van der Waals surface area contributed by atoms with Crippen molar-refractivity contribution in [1.82, 2.24) is 14.5 Å². The summed E-state index contributed by atoms with van der Waals surface area (Å²) in [5.74, 6) is 0.246. The Hall–Kier alpha value is -3.47. The van der Waals surface area contributed by atoms with E-state index in [0.717, 1.165) is 5.52 Å². The molecule has 0 atom stereocenters. The highest BCUT2D eigenvalue weighted by atomic mass is 19.1. The van der Waals surface area contributed by atoms with Crippen molar-refractivity contribution in [2.45, 2.75) is 13.3 Å². The number of nitriles is 1. The van der Waals surface area contributed by atoms with E-state index in [-0.39, 0.29) is 5.56 Å². The van der Waals surface area contributed by atoms with Gasteiger partial charge in [0.25, 0.3) is 0 Å². The first-order valence-corrected chi connectivity index (χ1v) is 7.98. The zero-order chi connectivity index (χ0) is 18.8. The van der Waals surface area contributed by atoms with Crippen LogP contribution in [0.4, 0.5) is 21.7 Å². The molecule has 0 saturated heterocycles. The van der Waals surface area contributed by atoms with Crippen LogP contribution in [0.5, 0.6) is 0 Å². The highest BCUT2D eigenvalue weighted by molar-refractivity contribution is 5.93. The number of hydrogen-bond donors (Lipinski definition) is 1. The molecule has 0 saturated carbocycles. The highest BCUT2D eigenvalue weighted by Crippen LogP contribution is 2.33. The summed E-state index contributed by atoms with van der Waals surface area (Å²) < 4.78 is 16.5. The van der Waals surface area contributed by atoms with Gasteiger partial charge < -0.3 is 14.8 Å². The van der Waals surface area contributed by atoms with Gasteiger partial charge in [-0.05, 0) is 24.1 Å². The van der Waals surface area contributed by atoms with Crippen LogP contribution in [0.25, 0.3) is 11.0 Å². The Morgan fingerprint density at radius 2 is 2.19 bits per heavy atom. The van der Waals surface area contributed by atoms with E-state index >= 15 is 0 Å². The number of nitrogens with one attached hydrogen (secondary N) is 1. The third kappa shape index (κ3) is 2.84. The molecular formula is C18H17FN6O. The minimum atomic E-state index is -0.500. The van der Waals surface area contributed by atoms with E-state index in [9.17, 15) is 9.18 Å². The van der Waals surface area contributed by atoms with Gasteiger partial charge in [-0.25, -0.2) is 14.4 Å². The average Bonchev–Trinajstić information content (AvgIpc) is 3.02. The molecule has 0 radical (unpaired) electrons. The minimum absolute atomic E-state index is 0.273. The van der Waals surface area contributed by atoms with Crippen LogP contribution >= 0.6 is 0 Å². The number of aromatic nitrogens is 3. The van der Waals surface area contributed by atoms with Crippen LogP contribution in [0.15, 0.2) is 24.5 Å². The molecule has 1 N–H and O–H groups in total. The summed E-state index contributed by atoms with van der Waals surface area (Å²) in [6.07, 6.45) is 2.70. The number of anilines is 3. The first-order valence-electron chi connectivity index (χ1n) is 7.98. The van der Waals surface area contributed by atoms with E-state index in [1.54, 1.807) is 35.0 Å². The van der Waals surface area contributed by atoms with Crippen LogP contribution in [-0.4, -0.2) is 28.0 Å². The number of benzene rings is 1. The number of nitrogens with zero attached hydrogens (tertiary/aromatic N) is 5. The van der Waals surface area contributed by atoms with Gasteiger partial charge in [0.2, 0.25) is 6.41 Å². The lowest BCUT2D eigenvalue weighted by molar-refractivity contribution is -0.105. The second-order valence-electron chi connectivity index (χ2n) is 5.80. The van der Waals surface area contributed by atoms with Crippen LogP contribution in [0.1, 0.15) is 18.1 Å². The number of halogens is 1. The van der Waals surface area contributed by atoms with Gasteiger partial charge in [0.15, 0.2) is 5.82 Å². The molecule has 7 nitrogen and oxygen atoms in total. The molecule has 1 aromatic carbocycles. The van der Waals surface area contributed by atoms with E-state index in [0.29, 0.717) is 41.2 Å². The standard InChI is InChI=1S/C18H17FN6O/c1-4-12-5-11(8-20)6-13(19)17(12)25(3)15-7-14-16(21-9-24(14)2)18(23-15)22-10-26/h5-7,9-10H,4H2,1-3H3,(H,22,23,26). The summed E-state index contributed by atoms with van der Waals surface area (Å²) in [7, 11) is 3.52. The van der Waals surface area contributed by atoms with E-state index in [1.165, 1.54) is 6.07 Å². The summed E-state index contributed by atoms with van der Waals surface area (Å²) in [5, 5.41) is 11.6. The number of aryl methyl sites for hydroxylation is 2. The van der Waals surface area contributed by atoms with Gasteiger partial charge in [0.1, 0.15) is 17.2 Å². The van der Waals surface area contributed by atoms with Crippen molar-refractivity contribution >= 4 is 34.8 Å². The van der Waals surface area contributed by atoms with Crippen molar-refractivity contribution in [3.8, 4) is 6.07 Å². The van der Waals surface area contributed by atoms with Crippen LogP contribution in [0.3, 0.4) is 0 Å². The van der Waals surface area contributed by atoms with E-state index in [2.05, 4.69) is 15.3 Å². The molecule has 2 heterocycles. The Morgan fingerprint density at radius 1 is 1.42 bits per heavy atom. The molecule has 3 aromatic rings. The minimum Gasteiger partial charge on any atom is -0.334 e. The normalized spacial score (nSPS) is 10.6. The maximum absolute atomic E-state index is 14.7. The van der Waals surface area contributed by atoms with Crippen LogP contribution in [0, 0.1) is 17.1 Å². The largest absolute Gasteiger partial charge is 0.334 e. The fourth-order valence-corrected chi connectivity index (χ4v) is 2.92. The maximum atomic E-state index is 14.7. The zero-order valence-corrected chi connectivity index (χ0v) is 14.6. The number of carbonyl (C=O) groups excluding carboxylic acids is 1. The van der Waals surface area contributed by atoms with Gasteiger partial charge in [-0.1, -0.05) is 6.92 Å². The summed E-state index contributed by atoms with van der Waals surface area (Å²) in [6.45, 7) is 1.89. The van der Waals surface area contributed by atoms with Crippen LogP contribution in [-0.2, 0) is 18.3 Å². The lowest BCUT2D eigenvalue weighted by Gasteiger charge is -2.23. The molecule has 0 unspecified atom stereocenters. The number of rotatable bonds is 5. The summed E-state index contributed by atoms with van der Waals surface area (Å²) in [6, 6.07) is 6.62. The van der Waals surface area contributed by atoms with Crippen molar-refractivity contribution < 1.29 is 9.18 Å². The monoisotopic (exact) mass is 352 g/mol. The van der Waals surface area contributed by atoms with Gasteiger partial charge in [-0.3, -0.25) is 4.79 Å². The number of pyridine rings is 1. The molecule has 0 bridgehead atoms. The van der Waals surface area contributed by atoms with Gasteiger partial charge in [0, 0.05) is 20.2 Å². The second kappa shape index (κ2) is 6.80. The quantitative estimate of drug-likeness (QED) is 0.714. The Kier molecular flexibility index (Phi) is 4.54. The molecule has 0 fully saturated rings. The number of imidazole rings is 1. The lowest BCUT2D eigenvalue weighted by Crippen LogP contribution is -2.16. The second-order valence-corrected chi connectivity index (χ2v) is 5.80. The summed E-state index contributed by atoms with van der Waals surface area (Å²) in [4.78, 5) is 21.2. The van der Waals surface area contributed by atoms with Gasteiger partial charge >= 0.3 is 0 Å². The molecular weight excluding hydrogens is 335 g/mol. The number of fused-ring (bicyclic) bond motifs is 1. The Morgan fingerprint density at radius 3 is 2.85 bits per heavy atom. The Labute approximate surface area is 149 Å². The molecule has 1 amide bonds. The molecule has 3 rings (SSSR count). The van der Waals surface area contributed by atoms with Crippen molar-refractivity contribution in [2.24, 2.45) is 7.05 Å². The molecule has 0 aliphatic heterocycles. The smallest absolute Gasteiger partial charge is 0.212 e. The first-order chi connectivity index (χ1) is 12.5. The van der Waals surface area contributed by atoms with Gasteiger partial charge in [-0.2, -0.15) is 5.26 Å². The maximum Gasteiger partial charge on any atom is 0.212 e. The molecule has 2 aromatic heterocycles. The third-order valence-corrected chi connectivity index (χ3v) is 4.23. The zero-order valence-electron chi connectivity index (χ0n) is 14.6. The fourth-order valence-electron chi connectivity index (χ4n) is 2.92. The molecule has 0 spiro atoms. The predicted molar refractivity (Wildman–Crippen MR) is 96.8 cm³/mol. The molecule has 26 heavy (non-hydrogen) atoms. The number of amides is 1. The topological polar surface area (TPSA) is 86.8 Å². The van der Waals surface area contributed by atoms with E-state index < -0.39 is 5.82 Å². The SMILES string of the molecule is CCc1cc(C#N)cc(F)c1N(C)c1cc2c(ncn2C)c(NC=O)n1. The lowest BCUT2D eigenvalue weighted by atomic mass is 10.1. The molecule has 8 heteroatoms. The van der Waals surface area contributed by atoms with E-state index in [1.807, 2.05) is 20.0 Å². The highest BCUT2D eigenvalue weighted by Gasteiger charge is 2.19. The number of carbonyl (C=O) groups is 1. The molecule has 0 aliphatic carbocycles. The summed E-state index contributed by atoms with van der Waals surface area (Å²) >= 11 is 0. The fraction of sp³-hybridized carbons (Fsp3) is 0.222.